The minimum atomic E-state index is -5.90. The second-order valence-corrected chi connectivity index (χ2v) is 5.87. The molecule has 0 radical (unpaired) electrons. The van der Waals surface area contributed by atoms with Gasteiger partial charge in [0.25, 0.3) is 0 Å². The Morgan fingerprint density at radius 2 is 1.79 bits per heavy atom. The summed E-state index contributed by atoms with van der Waals surface area (Å²) in [5.74, 6) is -1.50. The van der Waals surface area contributed by atoms with Gasteiger partial charge in [0.15, 0.2) is 5.75 Å². The number of nitrogens with zero attached hydrogens (tertiary/aromatic N) is 1. The lowest BCUT2D eigenvalue weighted by molar-refractivity contribution is -0.0499. The Morgan fingerprint density at radius 3 is 2.33 bits per heavy atom. The van der Waals surface area contributed by atoms with Crippen LogP contribution in [0.15, 0.2) is 24.3 Å². The van der Waals surface area contributed by atoms with Crippen LogP contribution in [0.3, 0.4) is 0 Å². The highest BCUT2D eigenvalue weighted by Crippen LogP contribution is 2.33. The van der Waals surface area contributed by atoms with Gasteiger partial charge in [0.1, 0.15) is 5.52 Å². The molecular formula is C13H10F3NO6S. The second kappa shape index (κ2) is 6.15. The van der Waals surface area contributed by atoms with E-state index in [4.69, 9.17) is 4.74 Å². The summed E-state index contributed by atoms with van der Waals surface area (Å²) < 4.78 is 73.4. The molecule has 0 spiro atoms. The average molecular weight is 365 g/mol. The van der Waals surface area contributed by atoms with Crippen LogP contribution in [-0.2, 0) is 14.9 Å². The van der Waals surface area contributed by atoms with Crippen molar-refractivity contribution in [3.63, 3.8) is 0 Å². The molecule has 2 aromatic rings. The lowest BCUT2D eigenvalue weighted by Gasteiger charge is -2.13. The summed E-state index contributed by atoms with van der Waals surface area (Å²) in [4.78, 5) is 15.6. The van der Waals surface area contributed by atoms with Crippen LogP contribution in [0.25, 0.3) is 10.9 Å². The number of alkyl halides is 3. The molecule has 11 heteroatoms. The maximum Gasteiger partial charge on any atom is 0.534 e. The average Bonchev–Trinajstić information content (AvgIpc) is 2.52. The maximum atomic E-state index is 12.5. The summed E-state index contributed by atoms with van der Waals surface area (Å²) in [5.41, 5.74) is -5.94. The summed E-state index contributed by atoms with van der Waals surface area (Å²) in [5, 5.41) is 0.0394. The second-order valence-electron chi connectivity index (χ2n) is 4.34. The van der Waals surface area contributed by atoms with Gasteiger partial charge in [0.05, 0.1) is 19.8 Å². The molecule has 0 unspecified atom stereocenters. The van der Waals surface area contributed by atoms with Gasteiger partial charge in [-0.15, -0.1) is 0 Å². The number of hydrogen-bond acceptors (Lipinski definition) is 7. The van der Waals surface area contributed by atoms with Crippen molar-refractivity contribution in [1.29, 1.82) is 0 Å². The third kappa shape index (κ3) is 3.20. The SMILES string of the molecule is COC(=O)c1ccc(OS(=O)(=O)C(F)(F)F)c2nc(OC)ccc12. The van der Waals surface area contributed by atoms with Crippen LogP contribution in [0.1, 0.15) is 10.4 Å². The summed E-state index contributed by atoms with van der Waals surface area (Å²) >= 11 is 0. The zero-order valence-corrected chi connectivity index (χ0v) is 13.1. The topological polar surface area (TPSA) is 91.8 Å². The molecule has 0 atom stereocenters. The van der Waals surface area contributed by atoms with E-state index in [-0.39, 0.29) is 22.3 Å². The summed E-state index contributed by atoms with van der Waals surface area (Å²) in [6, 6.07) is 4.62. The van der Waals surface area contributed by atoms with Gasteiger partial charge in [0, 0.05) is 11.5 Å². The van der Waals surface area contributed by atoms with Crippen LogP contribution in [0.2, 0.25) is 0 Å². The molecule has 0 saturated carbocycles. The number of pyridine rings is 1. The Kier molecular flexibility index (Phi) is 4.56. The van der Waals surface area contributed by atoms with Crippen molar-refractivity contribution in [2.75, 3.05) is 14.2 Å². The molecule has 0 aliphatic heterocycles. The Balaban J connectivity index is 2.69. The molecule has 0 saturated heterocycles. The molecule has 1 aromatic carbocycles. The number of carbonyl (C=O) groups is 1. The number of benzene rings is 1. The lowest BCUT2D eigenvalue weighted by atomic mass is 10.1. The molecule has 1 heterocycles. The number of hydrogen-bond donors (Lipinski definition) is 0. The first kappa shape index (κ1) is 17.8. The number of methoxy groups -OCH3 is 2. The van der Waals surface area contributed by atoms with Crippen molar-refractivity contribution in [2.24, 2.45) is 0 Å². The van der Waals surface area contributed by atoms with Crippen LogP contribution in [0.4, 0.5) is 13.2 Å². The van der Waals surface area contributed by atoms with Crippen molar-refractivity contribution >= 4 is 27.0 Å². The molecule has 0 fully saturated rings. The smallest absolute Gasteiger partial charge is 0.481 e. The van der Waals surface area contributed by atoms with E-state index in [9.17, 15) is 26.4 Å². The molecule has 0 aliphatic carbocycles. The number of fused-ring (bicyclic) bond motifs is 1. The predicted octanol–water partition coefficient (Wildman–Crippen LogP) is 2.26. The van der Waals surface area contributed by atoms with E-state index in [2.05, 4.69) is 13.9 Å². The predicted molar refractivity (Wildman–Crippen MR) is 75.2 cm³/mol. The van der Waals surface area contributed by atoms with Gasteiger partial charge in [-0.05, 0) is 18.2 Å². The Bertz CT molecular complexity index is 894. The number of esters is 1. The van der Waals surface area contributed by atoms with E-state index < -0.39 is 27.3 Å². The molecule has 7 nitrogen and oxygen atoms in total. The number of carbonyl (C=O) groups excluding carboxylic acids is 1. The first-order valence-corrected chi connectivity index (χ1v) is 7.58. The van der Waals surface area contributed by atoms with Crippen molar-refractivity contribution in [3.8, 4) is 11.6 Å². The fraction of sp³-hybridized carbons (Fsp3) is 0.231. The first-order valence-electron chi connectivity index (χ1n) is 6.17. The fourth-order valence-corrected chi connectivity index (χ4v) is 2.27. The highest BCUT2D eigenvalue weighted by Gasteiger charge is 2.48. The van der Waals surface area contributed by atoms with Gasteiger partial charge >= 0.3 is 21.6 Å². The minimum Gasteiger partial charge on any atom is -0.481 e. The standard InChI is InChI=1S/C13H10F3NO6S/c1-21-10-6-4-7-8(12(18)22-2)3-5-9(11(7)17-10)23-24(19,20)13(14,15)16/h3-6H,1-2H3. The van der Waals surface area contributed by atoms with Gasteiger partial charge in [-0.2, -0.15) is 21.6 Å². The van der Waals surface area contributed by atoms with E-state index in [1.807, 2.05) is 0 Å². The number of rotatable bonds is 4. The van der Waals surface area contributed by atoms with E-state index in [0.29, 0.717) is 0 Å². The van der Waals surface area contributed by atoms with Gasteiger partial charge in [0.2, 0.25) is 5.88 Å². The molecule has 0 aliphatic rings. The molecule has 24 heavy (non-hydrogen) atoms. The van der Waals surface area contributed by atoms with E-state index in [1.165, 1.54) is 19.2 Å². The van der Waals surface area contributed by atoms with Crippen LogP contribution >= 0.6 is 0 Å². The molecule has 0 N–H and O–H groups in total. The van der Waals surface area contributed by atoms with Crippen molar-refractivity contribution in [3.05, 3.63) is 29.8 Å². The molecular weight excluding hydrogens is 355 g/mol. The van der Waals surface area contributed by atoms with E-state index in [1.54, 1.807) is 0 Å². The largest absolute Gasteiger partial charge is 0.534 e. The Labute approximate surface area is 134 Å². The monoisotopic (exact) mass is 365 g/mol. The van der Waals surface area contributed by atoms with Gasteiger partial charge in [-0.25, -0.2) is 9.78 Å². The molecule has 1 aromatic heterocycles. The Hall–Kier alpha value is -2.56. The Morgan fingerprint density at radius 1 is 1.12 bits per heavy atom. The third-order valence-corrected chi connectivity index (χ3v) is 3.86. The quantitative estimate of drug-likeness (QED) is 0.466. The molecule has 2 rings (SSSR count). The number of aromatic nitrogens is 1. The number of halogens is 3. The highest BCUT2D eigenvalue weighted by molar-refractivity contribution is 7.88. The van der Waals surface area contributed by atoms with Crippen LogP contribution < -0.4 is 8.92 Å². The van der Waals surface area contributed by atoms with Gasteiger partial charge in [-0.1, -0.05) is 0 Å². The fourth-order valence-electron chi connectivity index (χ4n) is 1.81. The van der Waals surface area contributed by atoms with E-state index >= 15 is 0 Å². The van der Waals surface area contributed by atoms with Crippen molar-refractivity contribution < 1.29 is 40.0 Å². The van der Waals surface area contributed by atoms with Crippen LogP contribution in [-0.4, -0.2) is 39.1 Å². The van der Waals surface area contributed by atoms with Crippen LogP contribution in [0.5, 0.6) is 11.6 Å². The maximum absolute atomic E-state index is 12.5. The minimum absolute atomic E-state index is 0.0150. The van der Waals surface area contributed by atoms with Crippen molar-refractivity contribution in [1.82, 2.24) is 4.98 Å². The van der Waals surface area contributed by atoms with Crippen molar-refractivity contribution in [2.45, 2.75) is 5.51 Å². The first-order chi connectivity index (χ1) is 11.1. The summed E-state index contributed by atoms with van der Waals surface area (Å²) in [7, 11) is -3.53. The van der Waals surface area contributed by atoms with Gasteiger partial charge < -0.3 is 13.7 Å². The zero-order chi connectivity index (χ0) is 18.1. The van der Waals surface area contributed by atoms with E-state index in [0.717, 1.165) is 19.2 Å². The molecule has 130 valence electrons. The zero-order valence-electron chi connectivity index (χ0n) is 12.2. The van der Waals surface area contributed by atoms with Crippen LogP contribution in [0, 0.1) is 0 Å². The summed E-state index contributed by atoms with van der Waals surface area (Å²) in [6.07, 6.45) is 0. The molecule has 0 amide bonds. The number of ether oxygens (including phenoxy) is 2. The lowest BCUT2D eigenvalue weighted by Crippen LogP contribution is -2.28. The van der Waals surface area contributed by atoms with Gasteiger partial charge in [-0.3, -0.25) is 0 Å². The molecule has 0 bridgehead atoms. The summed E-state index contributed by atoms with van der Waals surface area (Å²) in [6.45, 7) is 0. The highest BCUT2D eigenvalue weighted by atomic mass is 32.2. The third-order valence-electron chi connectivity index (χ3n) is 2.89. The normalized spacial score (nSPS) is 12.0.